The quantitative estimate of drug-likeness (QED) is 0.250. The van der Waals surface area contributed by atoms with Gasteiger partial charge in [-0.3, -0.25) is 0 Å². The van der Waals surface area contributed by atoms with Crippen LogP contribution in [0.5, 0.6) is 5.75 Å². The van der Waals surface area contributed by atoms with Crippen LogP contribution in [0.4, 0.5) is 0 Å². The van der Waals surface area contributed by atoms with E-state index in [-0.39, 0.29) is 17.3 Å². The molecule has 0 bridgehead atoms. The number of benzene rings is 2. The number of ether oxygens (including phenoxy) is 2. The predicted octanol–water partition coefficient (Wildman–Crippen LogP) is 1.59. The van der Waals surface area contributed by atoms with Gasteiger partial charge in [0, 0.05) is 0 Å². The number of allylic oxidation sites excluding steroid dienone is 2. The molecule has 0 spiro atoms. The Morgan fingerprint density at radius 3 is 2.40 bits per heavy atom. The van der Waals surface area contributed by atoms with E-state index in [1.54, 1.807) is 41.9 Å². The Hall–Kier alpha value is -3.54. The normalized spacial score (nSPS) is 24.8. The fraction of sp³-hybridized carbons (Fsp3) is 0.280. The maximum atomic E-state index is 10.4. The van der Waals surface area contributed by atoms with Gasteiger partial charge in [0.2, 0.25) is 6.29 Å². The maximum Gasteiger partial charge on any atom is 0.229 e. The smallest absolute Gasteiger partial charge is 0.229 e. The molecule has 0 saturated carbocycles. The number of rotatable bonds is 7. The second-order valence-corrected chi connectivity index (χ2v) is 7.97. The van der Waals surface area contributed by atoms with Gasteiger partial charge in [0.15, 0.2) is 11.6 Å². The molecule has 1 saturated heterocycles. The standard InChI is InChI=1S/C25H27N3O7/c1-3-16(14(2)30)23-26-24(28(27-23)15-9-5-4-6-10-15)17-11-7-8-12-18(17)34-25-22(33)21(32)20(31)19(13-29)35-25/h3-12,19-22,25,29-33H,2,13H2,1H3/b16-3+/t19-,20+,21+,22-,25?/m1/s1. The molecule has 184 valence electrons. The van der Waals surface area contributed by atoms with Crippen LogP contribution in [0.25, 0.3) is 22.6 Å². The van der Waals surface area contributed by atoms with Crippen molar-refractivity contribution >= 4 is 5.57 Å². The molecular formula is C25H27N3O7. The average Bonchev–Trinajstić information content (AvgIpc) is 3.30. The van der Waals surface area contributed by atoms with E-state index in [1.807, 2.05) is 30.3 Å². The van der Waals surface area contributed by atoms with Gasteiger partial charge in [-0.1, -0.05) is 43.0 Å². The number of nitrogens with zero attached hydrogens (tertiary/aromatic N) is 3. The van der Waals surface area contributed by atoms with E-state index in [0.717, 1.165) is 0 Å². The van der Waals surface area contributed by atoms with Crippen LogP contribution in [0.3, 0.4) is 0 Å². The molecule has 2 aromatic carbocycles. The molecule has 1 fully saturated rings. The number of aromatic nitrogens is 3. The monoisotopic (exact) mass is 481 g/mol. The summed E-state index contributed by atoms with van der Waals surface area (Å²) in [5.74, 6) is 0.668. The van der Waals surface area contributed by atoms with Crippen molar-refractivity contribution < 1.29 is 35.0 Å². The molecule has 0 amide bonds. The molecule has 1 unspecified atom stereocenters. The molecule has 5 N–H and O–H groups in total. The Kier molecular flexibility index (Phi) is 7.29. The van der Waals surface area contributed by atoms with Crippen molar-refractivity contribution in [1.82, 2.24) is 14.8 Å². The molecule has 0 aliphatic carbocycles. The first-order valence-corrected chi connectivity index (χ1v) is 11.0. The third-order valence-corrected chi connectivity index (χ3v) is 5.67. The summed E-state index contributed by atoms with van der Waals surface area (Å²) in [6.45, 7) is 4.74. The fourth-order valence-corrected chi connectivity index (χ4v) is 3.82. The first kappa shape index (κ1) is 24.6. The minimum absolute atomic E-state index is 0.185. The summed E-state index contributed by atoms with van der Waals surface area (Å²) in [6, 6.07) is 16.1. The average molecular weight is 482 g/mol. The van der Waals surface area contributed by atoms with Gasteiger partial charge in [0.1, 0.15) is 35.9 Å². The van der Waals surface area contributed by atoms with Crippen LogP contribution >= 0.6 is 0 Å². The van der Waals surface area contributed by atoms with Gasteiger partial charge in [-0.25, -0.2) is 9.67 Å². The van der Waals surface area contributed by atoms with E-state index < -0.39 is 37.3 Å². The topological polar surface area (TPSA) is 150 Å². The molecule has 3 aromatic rings. The van der Waals surface area contributed by atoms with Crippen molar-refractivity contribution in [1.29, 1.82) is 0 Å². The number of para-hydroxylation sites is 2. The second-order valence-electron chi connectivity index (χ2n) is 7.97. The van der Waals surface area contributed by atoms with E-state index in [9.17, 15) is 25.5 Å². The lowest BCUT2D eigenvalue weighted by molar-refractivity contribution is -0.277. The lowest BCUT2D eigenvalue weighted by Gasteiger charge is -2.39. The molecule has 5 atom stereocenters. The Morgan fingerprint density at radius 2 is 1.74 bits per heavy atom. The molecule has 10 nitrogen and oxygen atoms in total. The van der Waals surface area contributed by atoms with Crippen molar-refractivity contribution in [2.75, 3.05) is 6.61 Å². The Morgan fingerprint density at radius 1 is 1.06 bits per heavy atom. The molecule has 0 radical (unpaired) electrons. The van der Waals surface area contributed by atoms with Crippen molar-refractivity contribution in [3.63, 3.8) is 0 Å². The second kappa shape index (κ2) is 10.4. The third-order valence-electron chi connectivity index (χ3n) is 5.67. The summed E-state index contributed by atoms with van der Waals surface area (Å²) in [5, 5.41) is 54.7. The largest absolute Gasteiger partial charge is 0.508 e. The molecule has 1 aliphatic heterocycles. The van der Waals surface area contributed by atoms with Gasteiger partial charge in [-0.2, -0.15) is 0 Å². The number of hydrogen-bond acceptors (Lipinski definition) is 9. The zero-order valence-corrected chi connectivity index (χ0v) is 19.0. The molecule has 1 aliphatic rings. The van der Waals surface area contributed by atoms with E-state index in [1.165, 1.54) is 0 Å². The van der Waals surface area contributed by atoms with Gasteiger partial charge < -0.3 is 35.0 Å². The van der Waals surface area contributed by atoms with Crippen molar-refractivity contribution in [2.24, 2.45) is 0 Å². The number of aliphatic hydroxyl groups excluding tert-OH is 5. The first-order valence-electron chi connectivity index (χ1n) is 11.0. The lowest BCUT2D eigenvalue weighted by Crippen LogP contribution is -2.60. The summed E-state index contributed by atoms with van der Waals surface area (Å²) < 4.78 is 13.0. The Labute approximate surface area is 201 Å². The van der Waals surface area contributed by atoms with E-state index in [4.69, 9.17) is 9.47 Å². The summed E-state index contributed by atoms with van der Waals surface area (Å²) in [7, 11) is 0. The molecule has 10 heteroatoms. The van der Waals surface area contributed by atoms with Crippen LogP contribution in [-0.4, -0.2) is 77.6 Å². The van der Waals surface area contributed by atoms with Crippen LogP contribution in [0, 0.1) is 0 Å². The highest BCUT2D eigenvalue weighted by Crippen LogP contribution is 2.34. The van der Waals surface area contributed by atoms with Crippen LogP contribution in [-0.2, 0) is 4.74 Å². The zero-order chi connectivity index (χ0) is 25.1. The zero-order valence-electron chi connectivity index (χ0n) is 19.0. The number of hydrogen-bond donors (Lipinski definition) is 5. The van der Waals surface area contributed by atoms with E-state index in [2.05, 4.69) is 16.7 Å². The van der Waals surface area contributed by atoms with Crippen LogP contribution in [0.15, 0.2) is 73.0 Å². The SMILES string of the molecule is C=C(O)/C(=C\C)c1nc(-c2ccccc2OC2O[C@H](CO)[C@H](O)[C@H](O)[C@H]2O)n(-c2ccccc2)n1. The lowest BCUT2D eigenvalue weighted by atomic mass is 9.99. The number of aliphatic hydroxyl groups is 5. The van der Waals surface area contributed by atoms with Gasteiger partial charge in [0.05, 0.1) is 23.4 Å². The predicted molar refractivity (Wildman–Crippen MR) is 127 cm³/mol. The molecule has 1 aromatic heterocycles. The highest BCUT2D eigenvalue weighted by Gasteiger charge is 2.45. The van der Waals surface area contributed by atoms with Gasteiger partial charge in [-0.05, 0) is 31.2 Å². The fourth-order valence-electron chi connectivity index (χ4n) is 3.82. The van der Waals surface area contributed by atoms with Crippen molar-refractivity contribution in [3.8, 4) is 22.8 Å². The summed E-state index contributed by atoms with van der Waals surface area (Å²) in [6.07, 6.45) is -5.49. The van der Waals surface area contributed by atoms with Crippen LogP contribution in [0.1, 0.15) is 12.7 Å². The van der Waals surface area contributed by atoms with Crippen molar-refractivity contribution in [2.45, 2.75) is 37.6 Å². The van der Waals surface area contributed by atoms with Gasteiger partial charge in [0.25, 0.3) is 0 Å². The Bertz CT molecular complexity index is 1210. The van der Waals surface area contributed by atoms with Crippen LogP contribution < -0.4 is 4.74 Å². The molecule has 2 heterocycles. The summed E-state index contributed by atoms with van der Waals surface area (Å²) >= 11 is 0. The molecule has 35 heavy (non-hydrogen) atoms. The van der Waals surface area contributed by atoms with Gasteiger partial charge >= 0.3 is 0 Å². The van der Waals surface area contributed by atoms with Crippen LogP contribution in [0.2, 0.25) is 0 Å². The van der Waals surface area contributed by atoms with Gasteiger partial charge in [-0.15, -0.1) is 5.10 Å². The highest BCUT2D eigenvalue weighted by molar-refractivity contribution is 5.74. The first-order chi connectivity index (χ1) is 16.8. The van der Waals surface area contributed by atoms with E-state index >= 15 is 0 Å². The minimum atomic E-state index is -1.58. The Balaban J connectivity index is 1.79. The maximum absolute atomic E-state index is 10.4. The summed E-state index contributed by atoms with van der Waals surface area (Å²) in [5.41, 5.74) is 1.53. The van der Waals surface area contributed by atoms with Crippen molar-refractivity contribution in [3.05, 3.63) is 78.8 Å². The van der Waals surface area contributed by atoms with E-state index in [0.29, 0.717) is 22.6 Å². The molecule has 4 rings (SSSR count). The summed E-state index contributed by atoms with van der Waals surface area (Å²) in [4.78, 5) is 4.63. The highest BCUT2D eigenvalue weighted by atomic mass is 16.7. The molecular weight excluding hydrogens is 454 g/mol. The third kappa shape index (κ3) is 4.83. The minimum Gasteiger partial charge on any atom is -0.508 e.